The summed E-state index contributed by atoms with van der Waals surface area (Å²) in [6, 6.07) is 41.8. The fourth-order valence-corrected chi connectivity index (χ4v) is 9.36. The summed E-state index contributed by atoms with van der Waals surface area (Å²) in [7, 11) is 0. The van der Waals surface area contributed by atoms with Crippen LogP contribution in [0.1, 0.15) is 63.9 Å². The molecular formula is C47H36N4OPt. The minimum Gasteiger partial charge on any atom is -0.503 e. The van der Waals surface area contributed by atoms with Crippen molar-refractivity contribution >= 4 is 49.1 Å². The van der Waals surface area contributed by atoms with E-state index >= 15 is 0 Å². The Morgan fingerprint density at radius 1 is 0.623 bits per heavy atom. The SMILES string of the molecule is CC1(C)c2ccccc2-c2c1ccnc2-n1c2[c-]c(Oc3[c-]c4c(cc3)c3cccc5c3n3c(cnc43)C(C)(C)C5(C)C)ccc2c2ccccc21.[Pt+2]. The molecule has 0 atom stereocenters. The van der Waals surface area contributed by atoms with Gasteiger partial charge in [-0.15, -0.1) is 29.7 Å². The summed E-state index contributed by atoms with van der Waals surface area (Å²) < 4.78 is 11.3. The Balaban J connectivity index is 0.00000349. The molecule has 260 valence electrons. The van der Waals surface area contributed by atoms with Crippen LogP contribution in [0.25, 0.3) is 66.1 Å². The van der Waals surface area contributed by atoms with Gasteiger partial charge in [0.15, 0.2) is 0 Å². The van der Waals surface area contributed by atoms with Crippen LogP contribution in [0.2, 0.25) is 0 Å². The Morgan fingerprint density at radius 3 is 2.19 bits per heavy atom. The maximum atomic E-state index is 6.66. The average molecular weight is 868 g/mol. The van der Waals surface area contributed by atoms with Crippen LogP contribution in [-0.4, -0.2) is 18.9 Å². The molecule has 1 aliphatic heterocycles. The van der Waals surface area contributed by atoms with Gasteiger partial charge in [-0.3, -0.25) is 4.98 Å². The standard InChI is InChI=1S/C47H36N4O.Pt/c1-45(2)35-15-9-7-13-33(35)41-36(45)22-23-48-44(41)50-38-17-10-8-12-30(38)31-21-19-28(25-39(31)50)52-27-18-20-29-32-14-11-16-37-42(32)51-40(47(5,6)46(37,3)4)26-49-43(51)34(29)24-27;/h7-23,26H,1-6H3;/q-2;+2. The van der Waals surface area contributed by atoms with Gasteiger partial charge >= 0.3 is 21.1 Å². The quantitative estimate of drug-likeness (QED) is 0.131. The predicted octanol–water partition coefficient (Wildman–Crippen LogP) is 11.4. The van der Waals surface area contributed by atoms with Crippen LogP contribution in [0.5, 0.6) is 11.5 Å². The van der Waals surface area contributed by atoms with Gasteiger partial charge in [0.2, 0.25) is 0 Å². The Kier molecular flexibility index (Phi) is 6.52. The summed E-state index contributed by atoms with van der Waals surface area (Å²) in [5.74, 6) is 2.15. The van der Waals surface area contributed by atoms with Gasteiger partial charge in [-0.25, -0.2) is 4.98 Å². The molecule has 53 heavy (non-hydrogen) atoms. The minimum absolute atomic E-state index is 0. The Labute approximate surface area is 322 Å². The Bertz CT molecular complexity index is 3040. The molecule has 1 aliphatic carbocycles. The molecule has 6 heteroatoms. The molecule has 0 unspecified atom stereocenters. The maximum Gasteiger partial charge on any atom is 2.00 e. The first-order chi connectivity index (χ1) is 25.1. The van der Waals surface area contributed by atoms with Gasteiger partial charge in [0, 0.05) is 62.4 Å². The first-order valence-electron chi connectivity index (χ1n) is 18.1. The summed E-state index contributed by atoms with van der Waals surface area (Å²) in [6.07, 6.45) is 4.00. The number of imidazole rings is 1. The van der Waals surface area contributed by atoms with E-state index in [4.69, 9.17) is 14.7 Å². The number of rotatable bonds is 3. The van der Waals surface area contributed by atoms with E-state index in [1.165, 1.54) is 44.4 Å². The maximum absolute atomic E-state index is 6.66. The van der Waals surface area contributed by atoms with Crippen molar-refractivity contribution in [3.63, 3.8) is 0 Å². The fraction of sp³-hybridized carbons (Fsp3) is 0.191. The van der Waals surface area contributed by atoms with Crippen molar-refractivity contribution in [3.05, 3.63) is 144 Å². The van der Waals surface area contributed by atoms with E-state index < -0.39 is 0 Å². The molecule has 5 aromatic carbocycles. The van der Waals surface area contributed by atoms with Gasteiger partial charge in [-0.2, -0.15) is 6.07 Å². The van der Waals surface area contributed by atoms with Gasteiger partial charge in [0.1, 0.15) is 5.82 Å². The summed E-state index contributed by atoms with van der Waals surface area (Å²) in [6.45, 7) is 14.0. The summed E-state index contributed by atoms with van der Waals surface area (Å²) >= 11 is 0. The van der Waals surface area contributed by atoms with Gasteiger partial charge in [0.25, 0.3) is 0 Å². The molecule has 4 aromatic heterocycles. The molecule has 0 saturated carbocycles. The summed E-state index contributed by atoms with van der Waals surface area (Å²) in [4.78, 5) is 10.1. The molecule has 5 nitrogen and oxygen atoms in total. The van der Waals surface area contributed by atoms with Gasteiger partial charge in [-0.1, -0.05) is 125 Å². The molecule has 0 bridgehead atoms. The number of ether oxygens (including phenoxy) is 1. The second-order valence-corrected chi connectivity index (χ2v) is 16.1. The first-order valence-corrected chi connectivity index (χ1v) is 18.1. The third-order valence-corrected chi connectivity index (χ3v) is 12.8. The summed E-state index contributed by atoms with van der Waals surface area (Å²) in [5.41, 5.74) is 11.4. The van der Waals surface area contributed by atoms with E-state index in [1.807, 2.05) is 18.3 Å². The van der Waals surface area contributed by atoms with Gasteiger partial charge < -0.3 is 13.7 Å². The molecule has 5 heterocycles. The molecular weight excluding hydrogens is 832 g/mol. The average Bonchev–Trinajstić information content (AvgIpc) is 3.81. The van der Waals surface area contributed by atoms with Crippen LogP contribution in [0.4, 0.5) is 0 Å². The molecule has 0 N–H and O–H groups in total. The normalized spacial score (nSPS) is 16.0. The van der Waals surface area contributed by atoms with E-state index in [9.17, 15) is 0 Å². The van der Waals surface area contributed by atoms with Crippen molar-refractivity contribution in [1.82, 2.24) is 18.9 Å². The van der Waals surface area contributed by atoms with E-state index in [0.29, 0.717) is 11.5 Å². The molecule has 0 amide bonds. The Hall–Kier alpha value is -5.25. The van der Waals surface area contributed by atoms with Crippen molar-refractivity contribution in [2.75, 3.05) is 0 Å². The molecule has 2 aliphatic rings. The predicted molar refractivity (Wildman–Crippen MR) is 210 cm³/mol. The van der Waals surface area contributed by atoms with Crippen LogP contribution >= 0.6 is 0 Å². The second kappa shape index (κ2) is 10.7. The van der Waals surface area contributed by atoms with Crippen LogP contribution < -0.4 is 4.74 Å². The van der Waals surface area contributed by atoms with Crippen molar-refractivity contribution in [1.29, 1.82) is 0 Å². The summed E-state index contributed by atoms with van der Waals surface area (Å²) in [5, 5.41) is 5.53. The van der Waals surface area contributed by atoms with Crippen LogP contribution in [0, 0.1) is 12.1 Å². The molecule has 0 radical (unpaired) electrons. The minimum atomic E-state index is -0.134. The zero-order valence-corrected chi connectivity index (χ0v) is 32.7. The number of benzene rings is 5. The fourth-order valence-electron chi connectivity index (χ4n) is 9.36. The third kappa shape index (κ3) is 4.01. The zero-order valence-electron chi connectivity index (χ0n) is 30.4. The number of hydrogen-bond acceptors (Lipinski definition) is 3. The smallest absolute Gasteiger partial charge is 0.503 e. The largest absolute Gasteiger partial charge is 2.00 e. The molecule has 9 aromatic rings. The number of fused-ring (bicyclic) bond motifs is 9. The van der Waals surface area contributed by atoms with Gasteiger partial charge in [0.05, 0.1) is 5.65 Å². The van der Waals surface area contributed by atoms with E-state index in [0.717, 1.165) is 44.0 Å². The first kappa shape index (κ1) is 32.4. The van der Waals surface area contributed by atoms with E-state index in [2.05, 4.69) is 154 Å². The second-order valence-electron chi connectivity index (χ2n) is 16.1. The molecule has 0 fully saturated rings. The number of pyridine rings is 2. The van der Waals surface area contributed by atoms with E-state index in [1.54, 1.807) is 0 Å². The number of para-hydroxylation sites is 2. The monoisotopic (exact) mass is 867 g/mol. The van der Waals surface area contributed by atoms with Crippen LogP contribution in [-0.2, 0) is 37.3 Å². The van der Waals surface area contributed by atoms with Gasteiger partial charge in [-0.05, 0) is 45.2 Å². The van der Waals surface area contributed by atoms with Crippen molar-refractivity contribution in [2.45, 2.75) is 57.8 Å². The Morgan fingerprint density at radius 2 is 1.34 bits per heavy atom. The molecule has 0 saturated heterocycles. The number of hydrogen-bond donors (Lipinski definition) is 0. The van der Waals surface area contributed by atoms with Crippen molar-refractivity contribution < 1.29 is 25.8 Å². The van der Waals surface area contributed by atoms with Crippen molar-refractivity contribution in [2.24, 2.45) is 0 Å². The van der Waals surface area contributed by atoms with Crippen LogP contribution in [0.15, 0.2) is 109 Å². The number of aromatic nitrogens is 4. The van der Waals surface area contributed by atoms with E-state index in [-0.39, 0.29) is 37.3 Å². The third-order valence-electron chi connectivity index (χ3n) is 12.8. The topological polar surface area (TPSA) is 44.4 Å². The van der Waals surface area contributed by atoms with Crippen molar-refractivity contribution in [3.8, 4) is 28.4 Å². The van der Waals surface area contributed by atoms with Crippen LogP contribution in [0.3, 0.4) is 0 Å². The zero-order chi connectivity index (χ0) is 35.3. The number of nitrogens with zero attached hydrogens (tertiary/aromatic N) is 4. The molecule has 11 rings (SSSR count). The molecule has 0 spiro atoms.